The Morgan fingerprint density at radius 2 is 1.68 bits per heavy atom. The number of carbonyl (C=O) groups is 1. The van der Waals surface area contributed by atoms with Crippen LogP contribution in [0.1, 0.15) is 6.23 Å². The molecular weight excluding hydrogens is 558 g/mol. The molecule has 37 heavy (non-hydrogen) atoms. The Morgan fingerprint density at radius 1 is 1.08 bits per heavy atom. The summed E-state index contributed by atoms with van der Waals surface area (Å²) in [7, 11) is -10.8. The van der Waals surface area contributed by atoms with Gasteiger partial charge in [-0.15, -0.1) is 0 Å². The molecule has 1 aliphatic heterocycles. The van der Waals surface area contributed by atoms with Gasteiger partial charge in [0.2, 0.25) is 0 Å². The summed E-state index contributed by atoms with van der Waals surface area (Å²) in [6.45, 7) is -1.48. The molecule has 20 nitrogen and oxygen atoms in total. The SMILES string of the molecule is O=C[C@H](OP(=O)(O)OP(=O)(O)O)[C@@H](O)[C@@H](O)[C@H](O)CO.O=c1ccn([C@@H]2O[C@H](CO)[C@@H](O)[C@H]2O)c(=O)[nH]1. The summed E-state index contributed by atoms with van der Waals surface area (Å²) in [4.78, 5) is 60.5. The van der Waals surface area contributed by atoms with Crippen LogP contribution in [0.2, 0.25) is 0 Å². The van der Waals surface area contributed by atoms with Gasteiger partial charge in [0, 0.05) is 12.3 Å². The van der Waals surface area contributed by atoms with Crippen molar-refractivity contribution in [3.8, 4) is 0 Å². The van der Waals surface area contributed by atoms with E-state index in [2.05, 4.69) is 8.83 Å². The van der Waals surface area contributed by atoms with Crippen molar-refractivity contribution in [2.45, 2.75) is 49.0 Å². The molecule has 22 heteroatoms. The lowest BCUT2D eigenvalue weighted by atomic mass is 10.0. The molecule has 0 saturated carbocycles. The van der Waals surface area contributed by atoms with Gasteiger partial charge in [-0.25, -0.2) is 13.9 Å². The maximum atomic E-state index is 11.4. The van der Waals surface area contributed by atoms with E-state index in [1.807, 2.05) is 4.98 Å². The van der Waals surface area contributed by atoms with Crippen molar-refractivity contribution in [2.75, 3.05) is 13.2 Å². The van der Waals surface area contributed by atoms with Gasteiger partial charge in [0.1, 0.15) is 36.6 Å². The number of carbonyl (C=O) groups excluding carboxylic acids is 1. The molecule has 0 aliphatic carbocycles. The van der Waals surface area contributed by atoms with Crippen molar-refractivity contribution in [3.05, 3.63) is 33.1 Å². The molecule has 0 amide bonds. The van der Waals surface area contributed by atoms with Crippen molar-refractivity contribution >= 4 is 21.9 Å². The molecular formula is C15H26N2O18P2. The fourth-order valence-electron chi connectivity index (χ4n) is 2.74. The Labute approximate surface area is 205 Å². The molecule has 9 atom stereocenters. The molecule has 2 rings (SSSR count). The minimum atomic E-state index is -5.43. The summed E-state index contributed by atoms with van der Waals surface area (Å²) in [5.41, 5.74) is -1.33. The lowest BCUT2D eigenvalue weighted by molar-refractivity contribution is -0.134. The number of aromatic amines is 1. The average Bonchev–Trinajstić information content (AvgIpc) is 3.08. The fraction of sp³-hybridized carbons (Fsp3) is 0.667. The monoisotopic (exact) mass is 584 g/mol. The zero-order chi connectivity index (χ0) is 28.7. The number of aliphatic hydroxyl groups is 7. The van der Waals surface area contributed by atoms with E-state index in [4.69, 9.17) is 34.7 Å². The number of aromatic nitrogens is 2. The minimum absolute atomic E-state index is 0.274. The molecule has 0 aromatic carbocycles. The van der Waals surface area contributed by atoms with E-state index in [9.17, 15) is 43.9 Å². The van der Waals surface area contributed by atoms with E-state index < -0.39 is 89.1 Å². The fourth-order valence-corrected chi connectivity index (χ4v) is 4.45. The van der Waals surface area contributed by atoms with Crippen molar-refractivity contribution < 1.29 is 77.9 Å². The van der Waals surface area contributed by atoms with Gasteiger partial charge in [0.15, 0.2) is 18.6 Å². The Morgan fingerprint density at radius 3 is 2.11 bits per heavy atom. The molecule has 214 valence electrons. The number of phosphoric acid groups is 2. The molecule has 11 N–H and O–H groups in total. The first-order valence-electron chi connectivity index (χ1n) is 9.80. The van der Waals surface area contributed by atoms with Crippen LogP contribution in [0.3, 0.4) is 0 Å². The molecule has 0 radical (unpaired) electrons. The maximum absolute atomic E-state index is 11.4. The molecule has 0 spiro atoms. The van der Waals surface area contributed by atoms with Crippen molar-refractivity contribution in [1.29, 1.82) is 0 Å². The van der Waals surface area contributed by atoms with E-state index >= 15 is 0 Å². The van der Waals surface area contributed by atoms with Crippen LogP contribution in [0.4, 0.5) is 0 Å². The van der Waals surface area contributed by atoms with Gasteiger partial charge >= 0.3 is 21.3 Å². The van der Waals surface area contributed by atoms with Crippen molar-refractivity contribution in [2.24, 2.45) is 0 Å². The summed E-state index contributed by atoms with van der Waals surface area (Å²) in [5, 5.41) is 64.2. The van der Waals surface area contributed by atoms with Gasteiger partial charge < -0.3 is 60.0 Å². The lowest BCUT2D eigenvalue weighted by Gasteiger charge is -2.26. The summed E-state index contributed by atoms with van der Waals surface area (Å²) in [5.74, 6) is 0. The highest BCUT2D eigenvalue weighted by Crippen LogP contribution is 2.58. The summed E-state index contributed by atoms with van der Waals surface area (Å²) < 4.78 is 34.9. The number of ether oxygens (including phenoxy) is 1. The summed E-state index contributed by atoms with van der Waals surface area (Å²) >= 11 is 0. The predicted molar refractivity (Wildman–Crippen MR) is 113 cm³/mol. The second-order valence-corrected chi connectivity index (χ2v) is 10.0. The van der Waals surface area contributed by atoms with E-state index in [-0.39, 0.29) is 6.29 Å². The van der Waals surface area contributed by atoms with Crippen LogP contribution >= 0.6 is 15.6 Å². The highest BCUT2D eigenvalue weighted by Gasteiger charge is 2.44. The number of aliphatic hydroxyl groups excluding tert-OH is 7. The topological polar surface area (TPSA) is 336 Å². The Bertz CT molecular complexity index is 1090. The van der Waals surface area contributed by atoms with E-state index in [1.54, 1.807) is 0 Å². The zero-order valence-electron chi connectivity index (χ0n) is 18.3. The highest BCUT2D eigenvalue weighted by atomic mass is 31.3. The smallest absolute Gasteiger partial charge is 0.394 e. The Balaban J connectivity index is 0.000000373. The second kappa shape index (κ2) is 13.9. The third kappa shape index (κ3) is 9.84. The van der Waals surface area contributed by atoms with Crippen molar-refractivity contribution in [1.82, 2.24) is 9.55 Å². The number of H-pyrrole nitrogens is 1. The van der Waals surface area contributed by atoms with Crippen LogP contribution in [-0.2, 0) is 27.5 Å². The average molecular weight is 584 g/mol. The molecule has 1 unspecified atom stereocenters. The van der Waals surface area contributed by atoms with Crippen molar-refractivity contribution in [3.63, 3.8) is 0 Å². The van der Waals surface area contributed by atoms with E-state index in [0.29, 0.717) is 0 Å². The number of hydrogen-bond acceptors (Lipinski definition) is 15. The number of nitrogens with one attached hydrogen (secondary N) is 1. The van der Waals surface area contributed by atoms with Crippen LogP contribution in [0.25, 0.3) is 0 Å². The normalized spacial score (nSPS) is 26.8. The van der Waals surface area contributed by atoms with Gasteiger partial charge in [-0.3, -0.25) is 18.9 Å². The summed E-state index contributed by atoms with van der Waals surface area (Å²) in [6.07, 6.45) is -12.4. The van der Waals surface area contributed by atoms with Gasteiger partial charge in [-0.05, 0) is 0 Å². The Hall–Kier alpha value is -1.71. The standard InChI is InChI=1S/C9H12N2O6.C6H14O12P2/c12-3-4-6(14)7(15)8(17-4)11-2-1-5(13)10-9(11)16;7-1-3(9)5(10)6(11)4(2-8)17-20(15,16)18-19(12,13)14/h1-2,4,6-8,12,14-15H,3H2,(H,10,13,16);2-7,9-11H,1H2,(H,15,16)(H2,12,13,14)/t4-,6-,7-,8-;3-,4+,5+,6-/m11/s1. The van der Waals surface area contributed by atoms with Crippen LogP contribution in [0.5, 0.6) is 0 Å². The third-order valence-electron chi connectivity index (χ3n) is 4.51. The quantitative estimate of drug-likeness (QED) is 0.0851. The second-order valence-electron chi connectivity index (χ2n) is 7.22. The van der Waals surface area contributed by atoms with E-state index in [1.165, 1.54) is 0 Å². The first-order chi connectivity index (χ1) is 17.0. The van der Waals surface area contributed by atoms with Crippen LogP contribution in [0, 0.1) is 0 Å². The van der Waals surface area contributed by atoms with Gasteiger partial charge in [0.25, 0.3) is 5.56 Å². The molecule has 1 aromatic heterocycles. The van der Waals surface area contributed by atoms with Gasteiger partial charge in [-0.1, -0.05) is 0 Å². The molecule has 0 bridgehead atoms. The molecule has 1 aliphatic rings. The number of aldehydes is 1. The van der Waals surface area contributed by atoms with Crippen LogP contribution < -0.4 is 11.2 Å². The Kier molecular flexibility index (Phi) is 12.5. The summed E-state index contributed by atoms with van der Waals surface area (Å²) in [6, 6.07) is 1.09. The third-order valence-corrected chi connectivity index (χ3v) is 6.70. The first kappa shape index (κ1) is 33.3. The lowest BCUT2D eigenvalue weighted by Crippen LogP contribution is -2.47. The van der Waals surface area contributed by atoms with Gasteiger partial charge in [0.05, 0.1) is 13.2 Å². The molecule has 2 heterocycles. The largest absolute Gasteiger partial charge is 0.481 e. The predicted octanol–water partition coefficient (Wildman–Crippen LogP) is -6.00. The number of rotatable bonds is 11. The van der Waals surface area contributed by atoms with Gasteiger partial charge in [-0.2, -0.15) is 4.31 Å². The van der Waals surface area contributed by atoms with Crippen LogP contribution in [0.15, 0.2) is 21.9 Å². The molecule has 1 fully saturated rings. The first-order valence-corrected chi connectivity index (χ1v) is 12.8. The number of phosphoric ester groups is 1. The van der Waals surface area contributed by atoms with Crippen LogP contribution in [-0.4, -0.2) is 122 Å². The molecule has 1 saturated heterocycles. The molecule has 1 aromatic rings. The number of hydrogen-bond donors (Lipinski definition) is 11. The minimum Gasteiger partial charge on any atom is -0.394 e. The van der Waals surface area contributed by atoms with E-state index in [0.717, 1.165) is 16.8 Å². The maximum Gasteiger partial charge on any atom is 0.481 e. The zero-order valence-corrected chi connectivity index (χ0v) is 20.1. The number of nitrogens with zero attached hydrogens (tertiary/aromatic N) is 1. The highest BCUT2D eigenvalue weighted by molar-refractivity contribution is 7.60.